The van der Waals surface area contributed by atoms with Gasteiger partial charge in [0.2, 0.25) is 0 Å². The van der Waals surface area contributed by atoms with E-state index in [1.807, 2.05) is 0 Å². The molecule has 0 bridgehead atoms. The first kappa shape index (κ1) is 16.9. The van der Waals surface area contributed by atoms with Gasteiger partial charge in [-0.2, -0.15) is 0 Å². The molecule has 1 unspecified atom stereocenters. The topological polar surface area (TPSA) is 15.3 Å². The van der Waals surface area contributed by atoms with Crippen LogP contribution < -0.4 is 5.32 Å². The van der Waals surface area contributed by atoms with E-state index >= 15 is 0 Å². The number of hydrogen-bond donors (Lipinski definition) is 1. The number of nitrogens with one attached hydrogen (secondary N) is 1. The maximum atomic E-state index is 3.56. The first-order chi connectivity index (χ1) is 7.89. The highest BCUT2D eigenvalue weighted by molar-refractivity contribution is 4.65. The summed E-state index contributed by atoms with van der Waals surface area (Å²) in [5.74, 6) is 0.824. The molecule has 2 nitrogen and oxygen atoms in total. The highest BCUT2D eigenvalue weighted by atomic mass is 15.1. The molecule has 2 heteroatoms. The molecule has 0 aliphatic heterocycles. The normalized spacial score (nSPS) is 14.3. The molecule has 0 radical (unpaired) electrons. The summed E-state index contributed by atoms with van der Waals surface area (Å²) >= 11 is 0. The zero-order valence-corrected chi connectivity index (χ0v) is 13.0. The summed E-state index contributed by atoms with van der Waals surface area (Å²) in [6.07, 6.45) is 2.54. The molecule has 0 aliphatic rings. The van der Waals surface area contributed by atoms with Crippen LogP contribution in [0, 0.1) is 11.3 Å². The predicted octanol–water partition coefficient (Wildman–Crippen LogP) is 3.38. The van der Waals surface area contributed by atoms with Crippen LogP contribution in [0.25, 0.3) is 0 Å². The Kier molecular flexibility index (Phi) is 8.89. The fourth-order valence-corrected chi connectivity index (χ4v) is 1.77. The maximum Gasteiger partial charge on any atom is 0.0107 e. The van der Waals surface area contributed by atoms with E-state index in [0.29, 0.717) is 5.41 Å². The van der Waals surface area contributed by atoms with Gasteiger partial charge in [0.25, 0.3) is 0 Å². The minimum Gasteiger partial charge on any atom is -0.315 e. The minimum atomic E-state index is 0.453. The van der Waals surface area contributed by atoms with Gasteiger partial charge in [0.1, 0.15) is 0 Å². The molecule has 0 heterocycles. The third-order valence-corrected chi connectivity index (χ3v) is 3.37. The molecule has 17 heavy (non-hydrogen) atoms. The fraction of sp³-hybridized carbons (Fsp3) is 1.00. The van der Waals surface area contributed by atoms with Gasteiger partial charge in [0, 0.05) is 19.6 Å². The SMILES string of the molecule is CCC(C)CN(CC)CCNCCC(C)(C)C. The van der Waals surface area contributed by atoms with Gasteiger partial charge in [0.05, 0.1) is 0 Å². The Labute approximate surface area is 109 Å². The zero-order chi connectivity index (χ0) is 13.3. The van der Waals surface area contributed by atoms with Gasteiger partial charge < -0.3 is 10.2 Å². The smallest absolute Gasteiger partial charge is 0.0107 e. The Morgan fingerprint density at radius 2 is 1.76 bits per heavy atom. The molecule has 1 N–H and O–H groups in total. The second-order valence-corrected chi connectivity index (χ2v) is 6.47. The van der Waals surface area contributed by atoms with Crippen LogP contribution >= 0.6 is 0 Å². The average Bonchev–Trinajstić information content (AvgIpc) is 2.25. The van der Waals surface area contributed by atoms with Crippen LogP contribution in [0.2, 0.25) is 0 Å². The first-order valence-electron chi connectivity index (χ1n) is 7.32. The van der Waals surface area contributed by atoms with Crippen LogP contribution in [-0.2, 0) is 0 Å². The first-order valence-corrected chi connectivity index (χ1v) is 7.32. The molecule has 1 atom stereocenters. The molecular formula is C15H34N2. The van der Waals surface area contributed by atoms with Crippen LogP contribution in [-0.4, -0.2) is 37.6 Å². The molecule has 0 saturated carbocycles. The zero-order valence-electron chi connectivity index (χ0n) is 13.0. The minimum absolute atomic E-state index is 0.453. The number of nitrogens with zero attached hydrogens (tertiary/aromatic N) is 1. The van der Waals surface area contributed by atoms with Crippen molar-refractivity contribution in [3.8, 4) is 0 Å². The molecule has 0 spiro atoms. The summed E-state index contributed by atoms with van der Waals surface area (Å²) in [5.41, 5.74) is 0.453. The van der Waals surface area contributed by atoms with Gasteiger partial charge in [-0.05, 0) is 30.8 Å². The fourth-order valence-electron chi connectivity index (χ4n) is 1.77. The molecule has 0 aromatic rings. The van der Waals surface area contributed by atoms with Crippen molar-refractivity contribution in [2.45, 2.75) is 54.4 Å². The van der Waals surface area contributed by atoms with Crippen molar-refractivity contribution >= 4 is 0 Å². The van der Waals surface area contributed by atoms with E-state index in [1.165, 1.54) is 32.5 Å². The lowest BCUT2D eigenvalue weighted by molar-refractivity contribution is 0.244. The Morgan fingerprint density at radius 1 is 1.12 bits per heavy atom. The molecule has 0 aromatic carbocycles. The van der Waals surface area contributed by atoms with Gasteiger partial charge in [0.15, 0.2) is 0 Å². The third-order valence-electron chi connectivity index (χ3n) is 3.37. The van der Waals surface area contributed by atoms with Crippen LogP contribution in [0.4, 0.5) is 0 Å². The predicted molar refractivity (Wildman–Crippen MR) is 78.5 cm³/mol. The van der Waals surface area contributed by atoms with Crippen LogP contribution in [0.3, 0.4) is 0 Å². The monoisotopic (exact) mass is 242 g/mol. The molecule has 0 aliphatic carbocycles. The Balaban J connectivity index is 3.57. The number of rotatable bonds is 9. The highest BCUT2D eigenvalue weighted by Crippen LogP contribution is 2.16. The van der Waals surface area contributed by atoms with E-state index in [9.17, 15) is 0 Å². The maximum absolute atomic E-state index is 3.56. The van der Waals surface area contributed by atoms with Crippen LogP contribution in [0.1, 0.15) is 54.4 Å². The van der Waals surface area contributed by atoms with Crippen molar-refractivity contribution < 1.29 is 0 Å². The molecule has 0 rings (SSSR count). The Bertz CT molecular complexity index is 172. The van der Waals surface area contributed by atoms with Crippen molar-refractivity contribution in [1.29, 1.82) is 0 Å². The molecular weight excluding hydrogens is 208 g/mol. The van der Waals surface area contributed by atoms with E-state index in [-0.39, 0.29) is 0 Å². The molecule has 0 saturated heterocycles. The molecule has 0 amide bonds. The second-order valence-electron chi connectivity index (χ2n) is 6.47. The lowest BCUT2D eigenvalue weighted by atomic mass is 9.92. The van der Waals surface area contributed by atoms with Gasteiger partial charge in [-0.15, -0.1) is 0 Å². The van der Waals surface area contributed by atoms with Crippen molar-refractivity contribution in [3.05, 3.63) is 0 Å². The van der Waals surface area contributed by atoms with Gasteiger partial charge in [-0.25, -0.2) is 0 Å². The van der Waals surface area contributed by atoms with Crippen molar-refractivity contribution in [1.82, 2.24) is 10.2 Å². The quantitative estimate of drug-likeness (QED) is 0.624. The summed E-state index contributed by atoms with van der Waals surface area (Å²) < 4.78 is 0. The van der Waals surface area contributed by atoms with Gasteiger partial charge in [-0.1, -0.05) is 48.0 Å². The lowest BCUT2D eigenvalue weighted by Gasteiger charge is -2.24. The van der Waals surface area contributed by atoms with E-state index in [4.69, 9.17) is 0 Å². The molecule has 0 aromatic heterocycles. The summed E-state index contributed by atoms with van der Waals surface area (Å²) in [7, 11) is 0. The average molecular weight is 242 g/mol. The van der Waals surface area contributed by atoms with Crippen molar-refractivity contribution in [3.63, 3.8) is 0 Å². The van der Waals surface area contributed by atoms with E-state index in [1.54, 1.807) is 0 Å². The summed E-state index contributed by atoms with van der Waals surface area (Å²) in [4.78, 5) is 2.55. The lowest BCUT2D eigenvalue weighted by Crippen LogP contribution is -2.35. The standard InChI is InChI=1S/C15H34N2/c1-7-14(3)13-17(8-2)12-11-16-10-9-15(4,5)6/h14,16H,7-13H2,1-6H3. The van der Waals surface area contributed by atoms with Gasteiger partial charge >= 0.3 is 0 Å². The van der Waals surface area contributed by atoms with Gasteiger partial charge in [-0.3, -0.25) is 0 Å². The molecule has 104 valence electrons. The summed E-state index contributed by atoms with van der Waals surface area (Å²) in [6.45, 7) is 19.7. The highest BCUT2D eigenvalue weighted by Gasteiger charge is 2.09. The Hall–Kier alpha value is -0.0800. The molecule has 0 fully saturated rings. The van der Waals surface area contributed by atoms with Crippen molar-refractivity contribution in [2.24, 2.45) is 11.3 Å². The van der Waals surface area contributed by atoms with E-state index in [2.05, 4.69) is 51.8 Å². The summed E-state index contributed by atoms with van der Waals surface area (Å²) in [6, 6.07) is 0. The van der Waals surface area contributed by atoms with Crippen LogP contribution in [0.15, 0.2) is 0 Å². The van der Waals surface area contributed by atoms with E-state index in [0.717, 1.165) is 19.0 Å². The second kappa shape index (κ2) is 8.93. The van der Waals surface area contributed by atoms with E-state index < -0.39 is 0 Å². The largest absolute Gasteiger partial charge is 0.315 e. The van der Waals surface area contributed by atoms with Crippen molar-refractivity contribution in [2.75, 3.05) is 32.7 Å². The number of hydrogen-bond acceptors (Lipinski definition) is 2. The van der Waals surface area contributed by atoms with Crippen LogP contribution in [0.5, 0.6) is 0 Å². The third kappa shape index (κ3) is 10.8. The Morgan fingerprint density at radius 3 is 2.24 bits per heavy atom. The summed E-state index contributed by atoms with van der Waals surface area (Å²) in [5, 5.41) is 3.56. The number of likely N-dealkylation sites (N-methyl/N-ethyl adjacent to an activating group) is 1.